The van der Waals surface area contributed by atoms with Crippen LogP contribution in [0, 0.1) is 0 Å². The van der Waals surface area contributed by atoms with Crippen LogP contribution in [0.1, 0.15) is 19.8 Å². The van der Waals surface area contributed by atoms with E-state index in [0.717, 1.165) is 44.0 Å². The molecule has 0 atom stereocenters. The summed E-state index contributed by atoms with van der Waals surface area (Å²) in [6.07, 6.45) is 3.20. The largest absolute Gasteiger partial charge is 0.497 e. The highest BCUT2D eigenvalue weighted by atomic mass is 16.5. The Labute approximate surface area is 154 Å². The Morgan fingerprint density at radius 3 is 2.19 bits per heavy atom. The van der Waals surface area contributed by atoms with Crippen LogP contribution in [-0.4, -0.2) is 44.2 Å². The van der Waals surface area contributed by atoms with Gasteiger partial charge in [0, 0.05) is 38.3 Å². The second-order valence-electron chi connectivity index (χ2n) is 6.37. The first kappa shape index (κ1) is 18.0. The van der Waals surface area contributed by atoms with Gasteiger partial charge in [-0.25, -0.2) is 4.98 Å². The highest BCUT2D eigenvalue weighted by Gasteiger charge is 2.18. The maximum atomic E-state index is 11.6. The number of anilines is 3. The number of methoxy groups -OCH3 is 1. The number of amides is 1. The second kappa shape index (κ2) is 8.56. The van der Waals surface area contributed by atoms with Crippen LogP contribution in [0.2, 0.25) is 0 Å². The van der Waals surface area contributed by atoms with E-state index >= 15 is 0 Å². The number of pyridine rings is 1. The lowest BCUT2D eigenvalue weighted by Crippen LogP contribution is -2.46. The quantitative estimate of drug-likeness (QED) is 0.864. The van der Waals surface area contributed by atoms with Crippen molar-refractivity contribution < 1.29 is 9.53 Å². The Morgan fingerprint density at radius 2 is 1.65 bits per heavy atom. The highest BCUT2D eigenvalue weighted by molar-refractivity contribution is 5.89. The topological polar surface area (TPSA) is 57.7 Å². The summed E-state index contributed by atoms with van der Waals surface area (Å²) in [6, 6.07) is 12.1. The molecule has 1 fully saturated rings. The van der Waals surface area contributed by atoms with Crippen molar-refractivity contribution in [1.29, 1.82) is 0 Å². The Hall–Kier alpha value is -2.76. The lowest BCUT2D eigenvalue weighted by Gasteiger charge is -2.37. The maximum absolute atomic E-state index is 11.6. The Balaban J connectivity index is 1.54. The third kappa shape index (κ3) is 4.45. The van der Waals surface area contributed by atoms with Crippen molar-refractivity contribution in [1.82, 2.24) is 4.98 Å². The summed E-state index contributed by atoms with van der Waals surface area (Å²) in [4.78, 5) is 20.7. The van der Waals surface area contributed by atoms with Crippen molar-refractivity contribution in [3.05, 3.63) is 42.6 Å². The van der Waals surface area contributed by atoms with Gasteiger partial charge in [0.15, 0.2) is 0 Å². The second-order valence-corrected chi connectivity index (χ2v) is 6.37. The van der Waals surface area contributed by atoms with Crippen molar-refractivity contribution >= 4 is 23.1 Å². The molecule has 2 aromatic rings. The van der Waals surface area contributed by atoms with Gasteiger partial charge in [0.1, 0.15) is 11.6 Å². The van der Waals surface area contributed by atoms with Crippen molar-refractivity contribution in [2.75, 3.05) is 48.4 Å². The number of aromatic nitrogens is 1. The fourth-order valence-electron chi connectivity index (χ4n) is 3.10. The molecule has 2 heterocycles. The first-order chi connectivity index (χ1) is 12.7. The zero-order valence-corrected chi connectivity index (χ0v) is 15.4. The minimum atomic E-state index is 0.0147. The molecule has 6 heteroatoms. The number of hydrogen-bond donors (Lipinski definition) is 1. The summed E-state index contributed by atoms with van der Waals surface area (Å²) >= 11 is 0. The molecule has 1 aliphatic heterocycles. The molecule has 1 N–H and O–H groups in total. The lowest BCUT2D eigenvalue weighted by atomic mass is 10.2. The van der Waals surface area contributed by atoms with E-state index in [2.05, 4.69) is 32.2 Å². The van der Waals surface area contributed by atoms with Gasteiger partial charge in [-0.05, 0) is 42.8 Å². The first-order valence-corrected chi connectivity index (χ1v) is 9.09. The van der Waals surface area contributed by atoms with Gasteiger partial charge < -0.3 is 19.9 Å². The van der Waals surface area contributed by atoms with Crippen molar-refractivity contribution in [3.63, 3.8) is 0 Å². The van der Waals surface area contributed by atoms with Crippen molar-refractivity contribution in [3.8, 4) is 5.75 Å². The summed E-state index contributed by atoms with van der Waals surface area (Å²) < 4.78 is 5.22. The van der Waals surface area contributed by atoms with Gasteiger partial charge in [0.2, 0.25) is 5.91 Å². The summed E-state index contributed by atoms with van der Waals surface area (Å²) in [5.74, 6) is 1.51. The summed E-state index contributed by atoms with van der Waals surface area (Å²) in [5.41, 5.74) is 2.31. The van der Waals surface area contributed by atoms with Crippen LogP contribution in [0.15, 0.2) is 42.6 Å². The predicted molar refractivity (Wildman–Crippen MR) is 105 cm³/mol. The average Bonchev–Trinajstić information content (AvgIpc) is 2.69. The molecule has 1 amide bonds. The number of hydrogen-bond acceptors (Lipinski definition) is 5. The van der Waals surface area contributed by atoms with Crippen LogP contribution in [0.4, 0.5) is 17.2 Å². The van der Waals surface area contributed by atoms with Crippen LogP contribution >= 0.6 is 0 Å². The Kier molecular flexibility index (Phi) is 5.94. The van der Waals surface area contributed by atoms with Gasteiger partial charge in [-0.1, -0.05) is 6.92 Å². The molecule has 0 spiro atoms. The summed E-state index contributed by atoms with van der Waals surface area (Å²) in [6.45, 7) is 5.79. The molecule has 1 aromatic heterocycles. The monoisotopic (exact) mass is 354 g/mol. The van der Waals surface area contributed by atoms with Crippen LogP contribution in [0.5, 0.6) is 5.75 Å². The number of rotatable bonds is 6. The maximum Gasteiger partial charge on any atom is 0.225 e. The molecule has 26 heavy (non-hydrogen) atoms. The van der Waals surface area contributed by atoms with Crippen molar-refractivity contribution in [2.24, 2.45) is 0 Å². The molecular formula is C20H26N4O2. The number of carbonyl (C=O) groups excluding carboxylic acids is 1. The summed E-state index contributed by atoms with van der Waals surface area (Å²) in [7, 11) is 1.68. The zero-order valence-electron chi connectivity index (χ0n) is 15.4. The molecule has 1 aromatic carbocycles. The number of benzene rings is 1. The van der Waals surface area contributed by atoms with Crippen LogP contribution < -0.4 is 19.9 Å². The standard InChI is InChI=1S/C20H26N4O2/c1-3-4-20(25)22-19-10-7-17(15-21-19)24-13-11-23(12-14-24)16-5-8-18(26-2)9-6-16/h5-10,15H,3-4,11-14H2,1-2H3,(H,21,22,25). The molecule has 0 bridgehead atoms. The summed E-state index contributed by atoms with van der Waals surface area (Å²) in [5, 5.41) is 2.82. The Morgan fingerprint density at radius 1 is 1.04 bits per heavy atom. The van der Waals surface area contributed by atoms with E-state index < -0.39 is 0 Å². The van der Waals surface area contributed by atoms with E-state index in [1.165, 1.54) is 5.69 Å². The predicted octanol–water partition coefficient (Wildman–Crippen LogP) is 3.16. The highest BCUT2D eigenvalue weighted by Crippen LogP contribution is 2.23. The molecule has 0 saturated carbocycles. The van der Waals surface area contributed by atoms with E-state index in [4.69, 9.17) is 4.74 Å². The van der Waals surface area contributed by atoms with E-state index in [-0.39, 0.29) is 5.91 Å². The fourth-order valence-corrected chi connectivity index (χ4v) is 3.10. The van der Waals surface area contributed by atoms with Crippen LogP contribution in [0.3, 0.4) is 0 Å². The fraction of sp³-hybridized carbons (Fsp3) is 0.400. The number of nitrogens with one attached hydrogen (secondary N) is 1. The van der Waals surface area contributed by atoms with Gasteiger partial charge in [0.25, 0.3) is 0 Å². The Bertz CT molecular complexity index is 708. The van der Waals surface area contributed by atoms with Gasteiger partial charge in [0.05, 0.1) is 19.0 Å². The zero-order chi connectivity index (χ0) is 18.4. The van der Waals surface area contributed by atoms with E-state index in [1.54, 1.807) is 7.11 Å². The molecule has 6 nitrogen and oxygen atoms in total. The first-order valence-electron chi connectivity index (χ1n) is 9.09. The molecule has 138 valence electrons. The third-order valence-corrected chi connectivity index (χ3v) is 4.57. The molecule has 0 unspecified atom stereocenters. The van der Waals surface area contributed by atoms with E-state index in [0.29, 0.717) is 12.2 Å². The minimum Gasteiger partial charge on any atom is -0.497 e. The van der Waals surface area contributed by atoms with E-state index in [9.17, 15) is 4.79 Å². The van der Waals surface area contributed by atoms with Gasteiger partial charge in [-0.3, -0.25) is 4.79 Å². The van der Waals surface area contributed by atoms with Crippen LogP contribution in [-0.2, 0) is 4.79 Å². The normalized spacial score (nSPS) is 14.2. The molecule has 0 aliphatic carbocycles. The SMILES string of the molecule is CCCC(=O)Nc1ccc(N2CCN(c3ccc(OC)cc3)CC2)cn1. The third-order valence-electron chi connectivity index (χ3n) is 4.57. The molecule has 3 rings (SSSR count). The van der Waals surface area contributed by atoms with Gasteiger partial charge in [-0.2, -0.15) is 0 Å². The molecule has 0 radical (unpaired) electrons. The smallest absolute Gasteiger partial charge is 0.225 e. The van der Waals surface area contributed by atoms with Gasteiger partial charge >= 0.3 is 0 Å². The average molecular weight is 354 g/mol. The number of carbonyl (C=O) groups is 1. The minimum absolute atomic E-state index is 0.0147. The van der Waals surface area contributed by atoms with E-state index in [1.807, 2.05) is 37.4 Å². The van der Waals surface area contributed by atoms with Gasteiger partial charge in [-0.15, -0.1) is 0 Å². The number of piperazine rings is 1. The molecule has 1 aliphatic rings. The van der Waals surface area contributed by atoms with Crippen LogP contribution in [0.25, 0.3) is 0 Å². The lowest BCUT2D eigenvalue weighted by molar-refractivity contribution is -0.116. The number of ether oxygens (including phenoxy) is 1. The molecular weight excluding hydrogens is 328 g/mol. The van der Waals surface area contributed by atoms with Crippen molar-refractivity contribution in [2.45, 2.75) is 19.8 Å². The number of nitrogens with zero attached hydrogens (tertiary/aromatic N) is 3. The molecule has 1 saturated heterocycles.